The third-order valence-corrected chi connectivity index (χ3v) is 1.84. The number of aromatic nitrogens is 2. The second-order valence-electron chi connectivity index (χ2n) is 3.31. The molecule has 0 aliphatic carbocycles. The highest BCUT2D eigenvalue weighted by Gasteiger charge is 2.09. The van der Waals surface area contributed by atoms with E-state index in [4.69, 9.17) is 0 Å². The Balaban J connectivity index is 3.39. The minimum atomic E-state index is -0.00463. The van der Waals surface area contributed by atoms with Crippen molar-refractivity contribution >= 4 is 0 Å². The predicted octanol–water partition coefficient (Wildman–Crippen LogP) is 1.51. The molecule has 1 aromatic heterocycles. The molecule has 0 amide bonds. The molecule has 0 aliphatic heterocycles. The van der Waals surface area contributed by atoms with Gasteiger partial charge in [-0.2, -0.15) is 0 Å². The van der Waals surface area contributed by atoms with Gasteiger partial charge in [0.2, 0.25) is 0 Å². The number of rotatable bonds is 1. The van der Waals surface area contributed by atoms with Crippen molar-refractivity contribution < 1.29 is 0 Å². The van der Waals surface area contributed by atoms with Crippen LogP contribution in [0.3, 0.4) is 0 Å². The highest BCUT2D eigenvalue weighted by Crippen LogP contribution is 2.11. The van der Waals surface area contributed by atoms with Crippen LogP contribution in [0.2, 0.25) is 0 Å². The fraction of sp³-hybridized carbons (Fsp3) is 0.556. The summed E-state index contributed by atoms with van der Waals surface area (Å²) in [5.41, 5.74) is 1.63. The van der Waals surface area contributed by atoms with Crippen molar-refractivity contribution in [3.63, 3.8) is 0 Å². The van der Waals surface area contributed by atoms with Gasteiger partial charge >= 0.3 is 0 Å². The molecule has 3 heteroatoms. The van der Waals surface area contributed by atoms with Crippen molar-refractivity contribution in [1.82, 2.24) is 9.97 Å². The van der Waals surface area contributed by atoms with E-state index in [0.29, 0.717) is 5.82 Å². The molecule has 0 unspecified atom stereocenters. The molecular formula is C9H14N2O. The first-order valence-electron chi connectivity index (χ1n) is 4.09. The number of hydrogen-bond donors (Lipinski definition) is 1. The average Bonchev–Trinajstić information content (AvgIpc) is 1.82. The SMILES string of the molecule is Cc1nc(C)c(C(C)C)c(=O)[nH]1. The Kier molecular flexibility index (Phi) is 2.31. The second kappa shape index (κ2) is 3.09. The van der Waals surface area contributed by atoms with Gasteiger partial charge in [-0.25, -0.2) is 4.98 Å². The summed E-state index contributed by atoms with van der Waals surface area (Å²) in [6.07, 6.45) is 0. The van der Waals surface area contributed by atoms with Gasteiger partial charge in [-0.05, 0) is 19.8 Å². The van der Waals surface area contributed by atoms with Crippen LogP contribution >= 0.6 is 0 Å². The van der Waals surface area contributed by atoms with E-state index in [1.165, 1.54) is 0 Å². The van der Waals surface area contributed by atoms with Crippen molar-refractivity contribution in [2.75, 3.05) is 0 Å². The first-order valence-corrected chi connectivity index (χ1v) is 4.09. The average molecular weight is 166 g/mol. The molecule has 0 saturated heterocycles. The number of nitrogens with one attached hydrogen (secondary N) is 1. The fourth-order valence-electron chi connectivity index (χ4n) is 1.42. The summed E-state index contributed by atoms with van der Waals surface area (Å²) in [5.74, 6) is 0.920. The molecule has 0 bridgehead atoms. The van der Waals surface area contributed by atoms with Crippen LogP contribution in [0.5, 0.6) is 0 Å². The Labute approximate surface area is 71.9 Å². The van der Waals surface area contributed by atoms with Crippen molar-refractivity contribution in [1.29, 1.82) is 0 Å². The van der Waals surface area contributed by atoms with Crippen molar-refractivity contribution in [3.8, 4) is 0 Å². The van der Waals surface area contributed by atoms with Crippen molar-refractivity contribution in [3.05, 3.63) is 27.4 Å². The molecule has 0 spiro atoms. The zero-order valence-electron chi connectivity index (χ0n) is 7.93. The molecule has 0 aliphatic rings. The Morgan fingerprint density at radius 2 is 1.92 bits per heavy atom. The minimum Gasteiger partial charge on any atom is -0.311 e. The molecule has 1 N–H and O–H groups in total. The molecule has 0 saturated carbocycles. The molecule has 12 heavy (non-hydrogen) atoms. The molecule has 1 aromatic rings. The van der Waals surface area contributed by atoms with E-state index < -0.39 is 0 Å². The van der Waals surface area contributed by atoms with Crippen LogP contribution in [0.4, 0.5) is 0 Å². The van der Waals surface area contributed by atoms with Gasteiger partial charge in [0.1, 0.15) is 5.82 Å². The lowest BCUT2D eigenvalue weighted by atomic mass is 10.0. The van der Waals surface area contributed by atoms with Crippen molar-refractivity contribution in [2.45, 2.75) is 33.6 Å². The summed E-state index contributed by atoms with van der Waals surface area (Å²) in [7, 11) is 0. The molecule has 1 rings (SSSR count). The normalized spacial score (nSPS) is 10.8. The van der Waals surface area contributed by atoms with Gasteiger partial charge in [0, 0.05) is 11.3 Å². The summed E-state index contributed by atoms with van der Waals surface area (Å²) in [6.45, 7) is 7.65. The predicted molar refractivity (Wildman–Crippen MR) is 48.4 cm³/mol. The lowest BCUT2D eigenvalue weighted by molar-refractivity contribution is 0.801. The lowest BCUT2D eigenvalue weighted by Gasteiger charge is -2.07. The van der Waals surface area contributed by atoms with Crippen molar-refractivity contribution in [2.24, 2.45) is 0 Å². The molecule has 66 valence electrons. The summed E-state index contributed by atoms with van der Waals surface area (Å²) in [5, 5.41) is 0. The molecule has 3 nitrogen and oxygen atoms in total. The monoisotopic (exact) mass is 166 g/mol. The third-order valence-electron chi connectivity index (χ3n) is 1.84. The van der Waals surface area contributed by atoms with Crippen LogP contribution in [0.1, 0.15) is 36.8 Å². The standard InChI is InChI=1S/C9H14N2O/c1-5(2)8-6(3)10-7(4)11-9(8)12/h5H,1-4H3,(H,10,11,12). The highest BCUT2D eigenvalue weighted by atomic mass is 16.1. The van der Waals surface area contributed by atoms with E-state index >= 15 is 0 Å². The second-order valence-corrected chi connectivity index (χ2v) is 3.31. The fourth-order valence-corrected chi connectivity index (χ4v) is 1.42. The van der Waals surface area contributed by atoms with E-state index in [1.54, 1.807) is 6.92 Å². The maximum absolute atomic E-state index is 11.4. The van der Waals surface area contributed by atoms with Gasteiger partial charge in [0.15, 0.2) is 0 Å². The minimum absolute atomic E-state index is 0.00463. The first-order chi connectivity index (χ1) is 5.52. The number of hydrogen-bond acceptors (Lipinski definition) is 2. The van der Waals surface area contributed by atoms with Crippen LogP contribution in [-0.4, -0.2) is 9.97 Å². The third kappa shape index (κ3) is 1.55. The number of aryl methyl sites for hydroxylation is 2. The van der Waals surface area contributed by atoms with E-state index in [9.17, 15) is 4.79 Å². The number of H-pyrrole nitrogens is 1. The largest absolute Gasteiger partial charge is 0.311 e. The molecule has 0 fully saturated rings. The molecule has 1 heterocycles. The van der Waals surface area contributed by atoms with E-state index in [2.05, 4.69) is 9.97 Å². The number of aromatic amines is 1. The number of nitrogens with zero attached hydrogens (tertiary/aromatic N) is 1. The van der Waals surface area contributed by atoms with Crippen LogP contribution in [0.15, 0.2) is 4.79 Å². The Bertz CT molecular complexity index is 339. The smallest absolute Gasteiger partial charge is 0.254 e. The Morgan fingerprint density at radius 3 is 2.33 bits per heavy atom. The summed E-state index contributed by atoms with van der Waals surface area (Å²) >= 11 is 0. The topological polar surface area (TPSA) is 45.8 Å². The van der Waals surface area contributed by atoms with E-state index in [-0.39, 0.29) is 11.5 Å². The van der Waals surface area contributed by atoms with Crippen LogP contribution in [0.25, 0.3) is 0 Å². The Hall–Kier alpha value is -1.12. The van der Waals surface area contributed by atoms with Crippen LogP contribution in [-0.2, 0) is 0 Å². The van der Waals surface area contributed by atoms with Gasteiger partial charge in [-0.15, -0.1) is 0 Å². The highest BCUT2D eigenvalue weighted by molar-refractivity contribution is 5.19. The van der Waals surface area contributed by atoms with Gasteiger partial charge in [-0.3, -0.25) is 4.79 Å². The maximum atomic E-state index is 11.4. The van der Waals surface area contributed by atoms with E-state index in [1.807, 2.05) is 20.8 Å². The lowest BCUT2D eigenvalue weighted by Crippen LogP contribution is -2.18. The molecular weight excluding hydrogens is 152 g/mol. The van der Waals surface area contributed by atoms with Crippen LogP contribution < -0.4 is 5.56 Å². The zero-order chi connectivity index (χ0) is 9.30. The molecule has 0 radical (unpaired) electrons. The van der Waals surface area contributed by atoms with Gasteiger partial charge in [-0.1, -0.05) is 13.8 Å². The first kappa shape index (κ1) is 8.97. The molecule has 0 atom stereocenters. The van der Waals surface area contributed by atoms with E-state index in [0.717, 1.165) is 11.3 Å². The summed E-state index contributed by atoms with van der Waals surface area (Å²) < 4.78 is 0. The summed E-state index contributed by atoms with van der Waals surface area (Å²) in [6, 6.07) is 0. The molecule has 0 aromatic carbocycles. The van der Waals surface area contributed by atoms with Gasteiger partial charge in [0.05, 0.1) is 0 Å². The Morgan fingerprint density at radius 1 is 1.33 bits per heavy atom. The quantitative estimate of drug-likeness (QED) is 0.687. The van der Waals surface area contributed by atoms with Gasteiger partial charge < -0.3 is 4.98 Å². The van der Waals surface area contributed by atoms with Crippen LogP contribution in [0, 0.1) is 13.8 Å². The maximum Gasteiger partial charge on any atom is 0.254 e. The summed E-state index contributed by atoms with van der Waals surface area (Å²) in [4.78, 5) is 18.3. The van der Waals surface area contributed by atoms with Gasteiger partial charge in [0.25, 0.3) is 5.56 Å². The zero-order valence-corrected chi connectivity index (χ0v) is 7.93.